The molecule has 0 bridgehead atoms. The van der Waals surface area contributed by atoms with Crippen molar-refractivity contribution >= 4 is 16.7 Å². The number of phenols is 2. The van der Waals surface area contributed by atoms with Gasteiger partial charge in [0.1, 0.15) is 11.5 Å². The Hall–Kier alpha value is -4.19. The largest absolute Gasteiger partial charge is 0.508 e. The van der Waals surface area contributed by atoms with Gasteiger partial charge in [-0.05, 0) is 71.1 Å². The van der Waals surface area contributed by atoms with Crippen LogP contribution < -0.4 is 5.32 Å². The SMILES string of the molecule is Oc1ccc(-c2[nH]nc(NCc3ccc4[nH]ccc4c3)c2-c2ccc(O)cc2)cc1. The molecular formula is C24H20N4O2. The fraction of sp³-hybridized carbons (Fsp3) is 0.0417. The second-order valence-electron chi connectivity index (χ2n) is 7.17. The summed E-state index contributed by atoms with van der Waals surface area (Å²) in [7, 11) is 0. The van der Waals surface area contributed by atoms with Gasteiger partial charge in [-0.25, -0.2) is 0 Å². The van der Waals surface area contributed by atoms with Crippen molar-refractivity contribution in [2.24, 2.45) is 0 Å². The molecule has 0 aliphatic carbocycles. The first-order valence-corrected chi connectivity index (χ1v) is 9.64. The van der Waals surface area contributed by atoms with Crippen LogP contribution >= 0.6 is 0 Å². The highest BCUT2D eigenvalue weighted by atomic mass is 16.3. The highest BCUT2D eigenvalue weighted by Gasteiger charge is 2.17. The number of aromatic hydroxyl groups is 2. The predicted molar refractivity (Wildman–Crippen MR) is 118 cm³/mol. The zero-order chi connectivity index (χ0) is 20.5. The first-order valence-electron chi connectivity index (χ1n) is 9.64. The van der Waals surface area contributed by atoms with Crippen molar-refractivity contribution in [3.05, 3.63) is 84.6 Å². The number of aromatic amines is 2. The summed E-state index contributed by atoms with van der Waals surface area (Å²) in [6.45, 7) is 0.617. The van der Waals surface area contributed by atoms with Crippen LogP contribution in [0.4, 0.5) is 5.82 Å². The molecule has 148 valence electrons. The summed E-state index contributed by atoms with van der Waals surface area (Å²) < 4.78 is 0. The average Bonchev–Trinajstić information content (AvgIpc) is 3.40. The number of aromatic nitrogens is 3. The summed E-state index contributed by atoms with van der Waals surface area (Å²) in [6, 6.07) is 22.4. The third-order valence-electron chi connectivity index (χ3n) is 5.16. The molecule has 5 aromatic rings. The van der Waals surface area contributed by atoms with Crippen molar-refractivity contribution in [3.8, 4) is 33.9 Å². The normalized spacial score (nSPS) is 11.1. The van der Waals surface area contributed by atoms with Gasteiger partial charge in [0.25, 0.3) is 0 Å². The molecule has 6 nitrogen and oxygen atoms in total. The zero-order valence-electron chi connectivity index (χ0n) is 16.1. The molecule has 5 rings (SSSR count). The van der Waals surface area contributed by atoms with E-state index < -0.39 is 0 Å². The number of hydrogen-bond donors (Lipinski definition) is 5. The molecule has 0 radical (unpaired) electrons. The molecule has 6 heteroatoms. The van der Waals surface area contributed by atoms with Crippen LogP contribution in [-0.2, 0) is 6.54 Å². The Morgan fingerprint density at radius 1 is 0.800 bits per heavy atom. The zero-order valence-corrected chi connectivity index (χ0v) is 16.1. The van der Waals surface area contributed by atoms with Gasteiger partial charge in [0, 0.05) is 23.8 Å². The molecule has 2 aromatic heterocycles. The van der Waals surface area contributed by atoms with Gasteiger partial charge in [0.05, 0.1) is 11.3 Å². The minimum absolute atomic E-state index is 0.211. The number of benzene rings is 3. The molecule has 0 aliphatic rings. The number of H-pyrrole nitrogens is 2. The van der Waals surface area contributed by atoms with Crippen molar-refractivity contribution in [2.45, 2.75) is 6.54 Å². The Labute approximate surface area is 172 Å². The van der Waals surface area contributed by atoms with Gasteiger partial charge in [-0.3, -0.25) is 5.10 Å². The molecule has 0 saturated carbocycles. The van der Waals surface area contributed by atoms with E-state index in [1.807, 2.05) is 30.5 Å². The number of anilines is 1. The monoisotopic (exact) mass is 396 g/mol. The smallest absolute Gasteiger partial charge is 0.156 e. The number of rotatable bonds is 5. The highest BCUT2D eigenvalue weighted by molar-refractivity contribution is 5.89. The van der Waals surface area contributed by atoms with Gasteiger partial charge in [-0.2, -0.15) is 5.10 Å². The number of nitrogens with zero attached hydrogens (tertiary/aromatic N) is 1. The molecular weight excluding hydrogens is 376 g/mol. The first kappa shape index (κ1) is 17.9. The van der Waals surface area contributed by atoms with E-state index in [0.29, 0.717) is 6.54 Å². The molecule has 5 N–H and O–H groups in total. The van der Waals surface area contributed by atoms with Crippen LogP contribution in [0.15, 0.2) is 79.0 Å². The third kappa shape index (κ3) is 3.35. The van der Waals surface area contributed by atoms with Gasteiger partial charge in [0.2, 0.25) is 0 Å². The number of hydrogen-bond acceptors (Lipinski definition) is 4. The summed E-state index contributed by atoms with van der Waals surface area (Å²) in [5, 5.41) is 31.6. The minimum atomic E-state index is 0.211. The maximum absolute atomic E-state index is 9.69. The molecule has 3 aromatic carbocycles. The summed E-state index contributed by atoms with van der Waals surface area (Å²) >= 11 is 0. The van der Waals surface area contributed by atoms with Gasteiger partial charge >= 0.3 is 0 Å². The topological polar surface area (TPSA) is 97.0 Å². The van der Waals surface area contributed by atoms with E-state index in [4.69, 9.17) is 0 Å². The second-order valence-corrected chi connectivity index (χ2v) is 7.17. The van der Waals surface area contributed by atoms with Crippen LogP contribution in [-0.4, -0.2) is 25.4 Å². The lowest BCUT2D eigenvalue weighted by Crippen LogP contribution is -2.01. The van der Waals surface area contributed by atoms with Crippen molar-refractivity contribution in [2.75, 3.05) is 5.32 Å². The van der Waals surface area contributed by atoms with Crippen molar-refractivity contribution in [1.82, 2.24) is 15.2 Å². The fourth-order valence-corrected chi connectivity index (χ4v) is 3.61. The Morgan fingerprint density at radius 2 is 1.50 bits per heavy atom. The molecule has 30 heavy (non-hydrogen) atoms. The van der Waals surface area contributed by atoms with Gasteiger partial charge < -0.3 is 20.5 Å². The maximum atomic E-state index is 9.69. The van der Waals surface area contributed by atoms with E-state index >= 15 is 0 Å². The van der Waals surface area contributed by atoms with Crippen LogP contribution in [0.5, 0.6) is 11.5 Å². The van der Waals surface area contributed by atoms with E-state index in [0.717, 1.165) is 39.3 Å². The highest BCUT2D eigenvalue weighted by Crippen LogP contribution is 2.37. The maximum Gasteiger partial charge on any atom is 0.156 e. The van der Waals surface area contributed by atoms with Crippen molar-refractivity contribution in [3.63, 3.8) is 0 Å². The molecule has 0 atom stereocenters. The lowest BCUT2D eigenvalue weighted by molar-refractivity contribution is 0.475. The minimum Gasteiger partial charge on any atom is -0.508 e. The Morgan fingerprint density at radius 3 is 2.23 bits per heavy atom. The Bertz CT molecular complexity index is 1300. The molecule has 0 aliphatic heterocycles. The Balaban J connectivity index is 1.52. The van der Waals surface area contributed by atoms with Crippen LogP contribution in [0.3, 0.4) is 0 Å². The molecule has 0 fully saturated rings. The summed E-state index contributed by atoms with van der Waals surface area (Å²) in [4.78, 5) is 3.21. The lowest BCUT2D eigenvalue weighted by atomic mass is 10.0. The third-order valence-corrected chi connectivity index (χ3v) is 5.16. The predicted octanol–water partition coefficient (Wildman–Crippen LogP) is 5.25. The number of fused-ring (bicyclic) bond motifs is 1. The van der Waals surface area contributed by atoms with Crippen molar-refractivity contribution < 1.29 is 10.2 Å². The average molecular weight is 396 g/mol. The standard InChI is InChI=1S/C24H20N4O2/c29-19-6-2-16(3-7-19)22-23(17-4-8-20(30)9-5-17)27-28-24(22)26-14-15-1-10-21-18(13-15)11-12-25-21/h1-13,25,29-30H,14H2,(H2,26,27,28). The van der Waals surface area contributed by atoms with Crippen LogP contribution in [0.2, 0.25) is 0 Å². The summed E-state index contributed by atoms with van der Waals surface area (Å²) in [5.74, 6) is 1.14. The quantitative estimate of drug-likeness (QED) is 0.280. The van der Waals surface area contributed by atoms with E-state index in [1.54, 1.807) is 24.3 Å². The van der Waals surface area contributed by atoms with Crippen LogP contribution in [0.25, 0.3) is 33.3 Å². The number of nitrogens with one attached hydrogen (secondary N) is 3. The lowest BCUT2D eigenvalue weighted by Gasteiger charge is -2.09. The second kappa shape index (κ2) is 7.33. The molecule has 0 amide bonds. The first-order chi connectivity index (χ1) is 14.7. The van der Waals surface area contributed by atoms with Gasteiger partial charge in [-0.1, -0.05) is 18.2 Å². The number of phenolic OH excluding ortho intramolecular Hbond substituents is 2. The van der Waals surface area contributed by atoms with Crippen molar-refractivity contribution in [1.29, 1.82) is 0 Å². The molecule has 0 spiro atoms. The molecule has 0 unspecified atom stereocenters. The van der Waals surface area contributed by atoms with E-state index in [9.17, 15) is 10.2 Å². The van der Waals surface area contributed by atoms with E-state index in [2.05, 4.69) is 44.8 Å². The van der Waals surface area contributed by atoms with Gasteiger partial charge in [-0.15, -0.1) is 0 Å². The molecule has 2 heterocycles. The van der Waals surface area contributed by atoms with E-state index in [-0.39, 0.29) is 11.5 Å². The Kier molecular flexibility index (Phi) is 4.37. The summed E-state index contributed by atoms with van der Waals surface area (Å²) in [6.07, 6.45) is 1.93. The van der Waals surface area contributed by atoms with Crippen LogP contribution in [0, 0.1) is 0 Å². The van der Waals surface area contributed by atoms with E-state index in [1.165, 1.54) is 5.39 Å². The summed E-state index contributed by atoms with van der Waals surface area (Å²) in [5.41, 5.74) is 5.83. The van der Waals surface area contributed by atoms with Gasteiger partial charge in [0.15, 0.2) is 5.82 Å². The molecule has 0 saturated heterocycles. The van der Waals surface area contributed by atoms with Crippen LogP contribution in [0.1, 0.15) is 5.56 Å². The fourth-order valence-electron chi connectivity index (χ4n) is 3.61.